The average molecular weight is 254 g/mol. The van der Waals surface area contributed by atoms with Crippen LogP contribution in [0.3, 0.4) is 0 Å². The number of ketones is 1. The fourth-order valence-electron chi connectivity index (χ4n) is 1.73. The maximum Gasteiger partial charge on any atom is 0.139 e. The Morgan fingerprint density at radius 2 is 2.18 bits per heavy atom. The number of aromatic nitrogens is 1. The van der Waals surface area contributed by atoms with Crippen LogP contribution in [-0.2, 0) is 11.2 Å². The Morgan fingerprint density at radius 3 is 2.71 bits per heavy atom. The van der Waals surface area contributed by atoms with Crippen molar-refractivity contribution in [3.05, 3.63) is 16.1 Å². The maximum atomic E-state index is 11.8. The molecule has 0 amide bonds. The topological polar surface area (TPSA) is 56.0 Å². The molecule has 1 heterocycles. The molecule has 0 aliphatic carbocycles. The number of carbonyl (C=O) groups is 1. The Morgan fingerprint density at radius 1 is 1.47 bits per heavy atom. The van der Waals surface area contributed by atoms with Gasteiger partial charge in [-0.3, -0.25) is 4.79 Å². The van der Waals surface area contributed by atoms with E-state index in [0.29, 0.717) is 19.4 Å². The van der Waals surface area contributed by atoms with Crippen molar-refractivity contribution in [1.29, 1.82) is 0 Å². The molecule has 1 aromatic heterocycles. The number of thiazole rings is 1. The monoisotopic (exact) mass is 254 g/mol. The van der Waals surface area contributed by atoms with Gasteiger partial charge in [-0.05, 0) is 31.7 Å². The molecule has 0 aliphatic heterocycles. The van der Waals surface area contributed by atoms with Gasteiger partial charge in [-0.1, -0.05) is 13.8 Å². The van der Waals surface area contributed by atoms with Crippen LogP contribution in [0.5, 0.6) is 0 Å². The summed E-state index contributed by atoms with van der Waals surface area (Å²) in [5, 5.41) is 2.92. The standard InChI is InChI=1S/C13H22N2OS/c1-10-9-17-12(15-10)8-11(16)4-5-13(2,3)6-7-14/h9H,4-8,14H2,1-3H3. The van der Waals surface area contributed by atoms with E-state index in [2.05, 4.69) is 18.8 Å². The summed E-state index contributed by atoms with van der Waals surface area (Å²) in [6, 6.07) is 0. The summed E-state index contributed by atoms with van der Waals surface area (Å²) < 4.78 is 0. The number of carbonyl (C=O) groups excluding carboxylic acids is 1. The molecule has 0 bridgehead atoms. The molecule has 4 heteroatoms. The molecule has 96 valence electrons. The van der Waals surface area contributed by atoms with Gasteiger partial charge in [-0.25, -0.2) is 4.98 Å². The van der Waals surface area contributed by atoms with Gasteiger partial charge in [-0.2, -0.15) is 0 Å². The minimum absolute atomic E-state index is 0.170. The number of rotatable bonds is 7. The summed E-state index contributed by atoms with van der Waals surface area (Å²) in [6.45, 7) is 6.98. The van der Waals surface area contributed by atoms with Crippen molar-refractivity contribution in [2.75, 3.05) is 6.54 Å². The predicted molar refractivity (Wildman–Crippen MR) is 72.2 cm³/mol. The minimum Gasteiger partial charge on any atom is -0.330 e. The van der Waals surface area contributed by atoms with Crippen molar-refractivity contribution in [2.24, 2.45) is 11.1 Å². The summed E-state index contributed by atoms with van der Waals surface area (Å²) in [5.74, 6) is 0.282. The van der Waals surface area contributed by atoms with Crippen molar-refractivity contribution < 1.29 is 4.79 Å². The lowest BCUT2D eigenvalue weighted by molar-refractivity contribution is -0.119. The van der Waals surface area contributed by atoms with E-state index in [-0.39, 0.29) is 11.2 Å². The highest BCUT2D eigenvalue weighted by molar-refractivity contribution is 7.09. The zero-order valence-electron chi connectivity index (χ0n) is 11.0. The third-order valence-corrected chi connectivity index (χ3v) is 3.88. The van der Waals surface area contributed by atoms with Gasteiger partial charge < -0.3 is 5.73 Å². The van der Waals surface area contributed by atoms with E-state index in [9.17, 15) is 4.79 Å². The van der Waals surface area contributed by atoms with Crippen LogP contribution in [0, 0.1) is 12.3 Å². The quantitative estimate of drug-likeness (QED) is 0.814. The lowest BCUT2D eigenvalue weighted by Gasteiger charge is -2.23. The summed E-state index contributed by atoms with van der Waals surface area (Å²) in [4.78, 5) is 16.1. The van der Waals surface area contributed by atoms with Crippen LogP contribution in [0.15, 0.2) is 5.38 Å². The van der Waals surface area contributed by atoms with Crippen LogP contribution in [0.4, 0.5) is 0 Å². The van der Waals surface area contributed by atoms with Gasteiger partial charge in [0.25, 0.3) is 0 Å². The third kappa shape index (κ3) is 5.41. The first-order chi connectivity index (χ1) is 7.93. The Balaban J connectivity index is 2.35. The molecule has 0 unspecified atom stereocenters. The van der Waals surface area contributed by atoms with Gasteiger partial charge in [0.15, 0.2) is 0 Å². The molecule has 3 nitrogen and oxygen atoms in total. The summed E-state index contributed by atoms with van der Waals surface area (Å²) in [6.07, 6.45) is 2.99. The van der Waals surface area contributed by atoms with Crippen LogP contribution >= 0.6 is 11.3 Å². The molecule has 2 N–H and O–H groups in total. The fourth-order valence-corrected chi connectivity index (χ4v) is 2.53. The van der Waals surface area contributed by atoms with Gasteiger partial charge in [0.1, 0.15) is 10.8 Å². The second kappa shape index (κ2) is 6.26. The van der Waals surface area contributed by atoms with E-state index >= 15 is 0 Å². The number of Topliss-reactive ketones (excluding diaryl/α,β-unsaturated/α-hetero) is 1. The van der Waals surface area contributed by atoms with Gasteiger partial charge in [0.05, 0.1) is 6.42 Å². The van der Waals surface area contributed by atoms with Crippen LogP contribution in [0.25, 0.3) is 0 Å². The highest BCUT2D eigenvalue weighted by Crippen LogP contribution is 2.26. The predicted octanol–water partition coefficient (Wildman–Crippen LogP) is 2.72. The van der Waals surface area contributed by atoms with E-state index < -0.39 is 0 Å². The minimum atomic E-state index is 0.170. The first-order valence-electron chi connectivity index (χ1n) is 6.06. The molecule has 0 aromatic carbocycles. The molecule has 0 fully saturated rings. The molecule has 0 saturated heterocycles. The van der Waals surface area contributed by atoms with Gasteiger partial charge in [-0.15, -0.1) is 11.3 Å². The fraction of sp³-hybridized carbons (Fsp3) is 0.692. The van der Waals surface area contributed by atoms with E-state index in [1.165, 1.54) is 0 Å². The van der Waals surface area contributed by atoms with Crippen molar-refractivity contribution >= 4 is 17.1 Å². The normalized spacial score (nSPS) is 11.8. The Hall–Kier alpha value is -0.740. The smallest absolute Gasteiger partial charge is 0.139 e. The second-order valence-corrected chi connectivity index (χ2v) is 6.24. The summed E-state index contributed by atoms with van der Waals surface area (Å²) in [5.41, 5.74) is 6.73. The Bertz CT molecular complexity index is 371. The largest absolute Gasteiger partial charge is 0.330 e. The van der Waals surface area contributed by atoms with E-state index in [4.69, 9.17) is 5.73 Å². The first kappa shape index (κ1) is 14.3. The summed E-state index contributed by atoms with van der Waals surface area (Å²) >= 11 is 1.57. The van der Waals surface area contributed by atoms with Gasteiger partial charge in [0, 0.05) is 17.5 Å². The molecule has 0 atom stereocenters. The van der Waals surface area contributed by atoms with Crippen LogP contribution in [-0.4, -0.2) is 17.3 Å². The lowest BCUT2D eigenvalue weighted by Crippen LogP contribution is -2.18. The number of aryl methyl sites for hydroxylation is 1. The van der Waals surface area contributed by atoms with Gasteiger partial charge in [0.2, 0.25) is 0 Å². The van der Waals surface area contributed by atoms with Crippen LogP contribution < -0.4 is 5.73 Å². The van der Waals surface area contributed by atoms with Crippen molar-refractivity contribution in [3.63, 3.8) is 0 Å². The number of hydrogen-bond donors (Lipinski definition) is 1. The van der Waals surface area contributed by atoms with Crippen LogP contribution in [0.2, 0.25) is 0 Å². The average Bonchev–Trinajstić information content (AvgIpc) is 2.61. The molecule has 0 spiro atoms. The summed E-state index contributed by atoms with van der Waals surface area (Å²) in [7, 11) is 0. The van der Waals surface area contributed by atoms with E-state index in [1.807, 2.05) is 12.3 Å². The molecular formula is C13H22N2OS. The zero-order valence-corrected chi connectivity index (χ0v) is 11.8. The third-order valence-electron chi connectivity index (χ3n) is 2.92. The van der Waals surface area contributed by atoms with Crippen LogP contribution in [0.1, 0.15) is 43.8 Å². The highest BCUT2D eigenvalue weighted by Gasteiger charge is 2.18. The zero-order chi connectivity index (χ0) is 12.9. The molecule has 1 aromatic rings. The van der Waals surface area contributed by atoms with Crippen molar-refractivity contribution in [3.8, 4) is 0 Å². The number of nitrogens with two attached hydrogens (primary N) is 1. The molecule has 1 rings (SSSR count). The Labute approximate surface area is 107 Å². The molecule has 0 aliphatic rings. The Kier molecular flexibility index (Phi) is 5.28. The SMILES string of the molecule is Cc1csc(CC(=O)CCC(C)(C)CCN)n1. The molecular weight excluding hydrogens is 232 g/mol. The lowest BCUT2D eigenvalue weighted by atomic mass is 9.83. The number of nitrogens with zero attached hydrogens (tertiary/aromatic N) is 1. The maximum absolute atomic E-state index is 11.8. The second-order valence-electron chi connectivity index (χ2n) is 5.30. The van der Waals surface area contributed by atoms with Crippen molar-refractivity contribution in [1.82, 2.24) is 4.98 Å². The van der Waals surface area contributed by atoms with Gasteiger partial charge >= 0.3 is 0 Å². The van der Waals surface area contributed by atoms with E-state index in [0.717, 1.165) is 23.5 Å². The first-order valence-corrected chi connectivity index (χ1v) is 6.94. The molecule has 0 radical (unpaired) electrons. The molecule has 0 saturated carbocycles. The molecule has 17 heavy (non-hydrogen) atoms. The highest BCUT2D eigenvalue weighted by atomic mass is 32.1. The number of hydrogen-bond acceptors (Lipinski definition) is 4. The van der Waals surface area contributed by atoms with Crippen molar-refractivity contribution in [2.45, 2.75) is 46.5 Å². The van der Waals surface area contributed by atoms with E-state index in [1.54, 1.807) is 11.3 Å².